The Labute approximate surface area is 202 Å². The Morgan fingerprint density at radius 2 is 1.71 bits per heavy atom. The lowest BCUT2D eigenvalue weighted by molar-refractivity contribution is -0.137. The van der Waals surface area contributed by atoms with Crippen molar-refractivity contribution in [2.75, 3.05) is 19.7 Å². The van der Waals surface area contributed by atoms with Gasteiger partial charge in [0.05, 0.1) is 13.0 Å². The van der Waals surface area contributed by atoms with Crippen molar-refractivity contribution in [3.63, 3.8) is 0 Å². The van der Waals surface area contributed by atoms with Crippen molar-refractivity contribution in [3.8, 4) is 11.1 Å². The fraction of sp³-hybridized carbons (Fsp3) is 0.308. The number of carboxylic acids is 1. The highest BCUT2D eigenvalue weighted by Crippen LogP contribution is 2.44. The standard InChI is InChI=1S/C26H27N3O6/c1-2-12-29(13-11-23(30)31)25(32)24-22(35-16-28-24)14-27-26(33)34-15-21-19-9-5-3-7-17(19)18-8-4-6-10-20(18)21/h3-10,16,21H,2,11-15H2,1H3,(H,27,33)(H,30,31). The quantitative estimate of drug-likeness (QED) is 0.452. The van der Waals surface area contributed by atoms with Crippen LogP contribution in [0.3, 0.4) is 0 Å². The Morgan fingerprint density at radius 1 is 1.06 bits per heavy atom. The summed E-state index contributed by atoms with van der Waals surface area (Å²) in [4.78, 5) is 41.7. The third kappa shape index (κ3) is 5.34. The minimum atomic E-state index is -0.990. The molecular weight excluding hydrogens is 450 g/mol. The molecule has 2 amide bonds. The Balaban J connectivity index is 1.36. The van der Waals surface area contributed by atoms with Gasteiger partial charge in [-0.1, -0.05) is 55.5 Å². The fourth-order valence-corrected chi connectivity index (χ4v) is 4.34. The Hall–Kier alpha value is -4.14. The molecule has 4 rings (SSSR count). The van der Waals surface area contributed by atoms with Crippen LogP contribution in [0.15, 0.2) is 59.3 Å². The Kier molecular flexibility index (Phi) is 7.45. The predicted octanol–water partition coefficient (Wildman–Crippen LogP) is 4.04. The van der Waals surface area contributed by atoms with Gasteiger partial charge in [-0.05, 0) is 28.7 Å². The molecule has 0 radical (unpaired) electrons. The van der Waals surface area contributed by atoms with E-state index in [1.54, 1.807) is 0 Å². The van der Waals surface area contributed by atoms with Gasteiger partial charge in [-0.15, -0.1) is 0 Å². The van der Waals surface area contributed by atoms with Gasteiger partial charge < -0.3 is 24.5 Å². The van der Waals surface area contributed by atoms with E-state index in [-0.39, 0.29) is 43.5 Å². The van der Waals surface area contributed by atoms with Crippen LogP contribution in [0, 0.1) is 0 Å². The number of carbonyl (C=O) groups excluding carboxylic acids is 2. The molecule has 3 aromatic rings. The van der Waals surface area contributed by atoms with Crippen molar-refractivity contribution in [2.24, 2.45) is 0 Å². The van der Waals surface area contributed by atoms with Gasteiger partial charge in [-0.3, -0.25) is 9.59 Å². The number of amides is 2. The molecule has 0 saturated carbocycles. The molecule has 0 unspecified atom stereocenters. The molecule has 0 atom stereocenters. The molecular formula is C26H27N3O6. The first-order chi connectivity index (χ1) is 17.0. The number of nitrogens with one attached hydrogen (secondary N) is 1. The SMILES string of the molecule is CCCN(CCC(=O)O)C(=O)c1ncoc1CNC(=O)OCC1c2ccccc2-c2ccccc21. The minimum Gasteiger partial charge on any atom is -0.481 e. The van der Waals surface area contributed by atoms with Gasteiger partial charge in [0.1, 0.15) is 6.61 Å². The number of aliphatic carboxylic acids is 1. The van der Waals surface area contributed by atoms with Gasteiger partial charge >= 0.3 is 12.1 Å². The molecule has 35 heavy (non-hydrogen) atoms. The molecule has 2 N–H and O–H groups in total. The number of hydrogen-bond acceptors (Lipinski definition) is 6. The molecule has 0 bridgehead atoms. The summed E-state index contributed by atoms with van der Waals surface area (Å²) in [6.07, 6.45) is 0.981. The van der Waals surface area contributed by atoms with Crippen molar-refractivity contribution in [2.45, 2.75) is 32.2 Å². The summed E-state index contributed by atoms with van der Waals surface area (Å²) in [5.41, 5.74) is 4.55. The van der Waals surface area contributed by atoms with Gasteiger partial charge in [0.25, 0.3) is 5.91 Å². The minimum absolute atomic E-state index is 0.0442. The van der Waals surface area contributed by atoms with E-state index in [1.165, 1.54) is 4.90 Å². The van der Waals surface area contributed by atoms with E-state index in [0.29, 0.717) is 13.0 Å². The highest BCUT2D eigenvalue weighted by molar-refractivity contribution is 5.93. The van der Waals surface area contributed by atoms with Crippen LogP contribution in [0.5, 0.6) is 0 Å². The summed E-state index contributed by atoms with van der Waals surface area (Å²) in [5.74, 6) is -1.31. The maximum atomic E-state index is 12.9. The molecule has 1 aliphatic carbocycles. The second kappa shape index (κ2) is 10.9. The molecule has 0 spiro atoms. The van der Waals surface area contributed by atoms with Gasteiger partial charge in [-0.2, -0.15) is 0 Å². The second-order valence-electron chi connectivity index (χ2n) is 8.24. The number of alkyl carbamates (subject to hydrolysis) is 1. The molecule has 1 aliphatic rings. The lowest BCUT2D eigenvalue weighted by Gasteiger charge is -2.20. The Bertz CT molecular complexity index is 1180. The monoisotopic (exact) mass is 477 g/mol. The number of aromatic nitrogens is 1. The smallest absolute Gasteiger partial charge is 0.407 e. The first-order valence-electron chi connectivity index (χ1n) is 11.5. The van der Waals surface area contributed by atoms with E-state index in [4.69, 9.17) is 14.3 Å². The zero-order valence-electron chi connectivity index (χ0n) is 19.4. The number of hydrogen-bond donors (Lipinski definition) is 2. The number of oxazole rings is 1. The molecule has 0 fully saturated rings. The second-order valence-corrected chi connectivity index (χ2v) is 8.24. The van der Waals surface area contributed by atoms with E-state index in [0.717, 1.165) is 28.6 Å². The van der Waals surface area contributed by atoms with Crippen LogP contribution >= 0.6 is 0 Å². The van der Waals surface area contributed by atoms with Crippen LogP contribution in [-0.2, 0) is 16.1 Å². The lowest BCUT2D eigenvalue weighted by Crippen LogP contribution is -2.35. The summed E-state index contributed by atoms with van der Waals surface area (Å²) in [7, 11) is 0. The van der Waals surface area contributed by atoms with Crippen LogP contribution in [0.4, 0.5) is 4.79 Å². The first-order valence-corrected chi connectivity index (χ1v) is 11.5. The fourth-order valence-electron chi connectivity index (χ4n) is 4.34. The summed E-state index contributed by atoms with van der Waals surface area (Å²) in [6.45, 7) is 2.42. The number of nitrogens with zero attached hydrogens (tertiary/aromatic N) is 2. The van der Waals surface area contributed by atoms with Gasteiger partial charge in [-0.25, -0.2) is 9.78 Å². The van der Waals surface area contributed by atoms with Crippen molar-refractivity contribution >= 4 is 18.0 Å². The maximum absolute atomic E-state index is 12.9. The molecule has 0 aliphatic heterocycles. The van der Waals surface area contributed by atoms with Crippen molar-refractivity contribution < 1.29 is 28.6 Å². The van der Waals surface area contributed by atoms with E-state index >= 15 is 0 Å². The largest absolute Gasteiger partial charge is 0.481 e. The molecule has 2 aromatic carbocycles. The zero-order chi connectivity index (χ0) is 24.8. The number of fused-ring (bicyclic) bond motifs is 3. The number of carboxylic acid groups (broad SMARTS) is 1. The van der Waals surface area contributed by atoms with Gasteiger partial charge in [0, 0.05) is 19.0 Å². The first kappa shape index (κ1) is 24.0. The number of rotatable bonds is 10. The molecule has 182 valence electrons. The van der Waals surface area contributed by atoms with Crippen molar-refractivity contribution in [3.05, 3.63) is 77.5 Å². The summed E-state index contributed by atoms with van der Waals surface area (Å²) >= 11 is 0. The topological polar surface area (TPSA) is 122 Å². The third-order valence-corrected chi connectivity index (χ3v) is 5.96. The van der Waals surface area contributed by atoms with E-state index in [9.17, 15) is 14.4 Å². The van der Waals surface area contributed by atoms with Crippen LogP contribution in [0.25, 0.3) is 11.1 Å². The highest BCUT2D eigenvalue weighted by atomic mass is 16.5. The normalized spacial score (nSPS) is 12.0. The summed E-state index contributed by atoms with van der Waals surface area (Å²) in [5, 5.41) is 11.6. The van der Waals surface area contributed by atoms with E-state index in [2.05, 4.69) is 22.4 Å². The summed E-state index contributed by atoms with van der Waals surface area (Å²) < 4.78 is 10.8. The molecule has 9 heteroatoms. The maximum Gasteiger partial charge on any atom is 0.407 e. The van der Waals surface area contributed by atoms with Crippen LogP contribution in [0.2, 0.25) is 0 Å². The van der Waals surface area contributed by atoms with Crippen molar-refractivity contribution in [1.29, 1.82) is 0 Å². The van der Waals surface area contributed by atoms with Gasteiger partial charge in [0.2, 0.25) is 0 Å². The predicted molar refractivity (Wildman–Crippen MR) is 127 cm³/mol. The summed E-state index contributed by atoms with van der Waals surface area (Å²) in [6, 6.07) is 16.1. The number of carbonyl (C=O) groups is 3. The molecule has 1 aromatic heterocycles. The van der Waals surface area contributed by atoms with E-state index < -0.39 is 18.0 Å². The zero-order valence-corrected chi connectivity index (χ0v) is 19.4. The van der Waals surface area contributed by atoms with Gasteiger partial charge in [0.15, 0.2) is 17.8 Å². The average Bonchev–Trinajstić information content (AvgIpc) is 3.46. The molecule has 9 nitrogen and oxygen atoms in total. The molecule has 0 saturated heterocycles. The number of benzene rings is 2. The molecule has 1 heterocycles. The average molecular weight is 478 g/mol. The van der Waals surface area contributed by atoms with E-state index in [1.807, 2.05) is 43.3 Å². The van der Waals surface area contributed by atoms with Crippen LogP contribution in [0.1, 0.15) is 53.1 Å². The lowest BCUT2D eigenvalue weighted by atomic mass is 9.98. The van der Waals surface area contributed by atoms with Crippen molar-refractivity contribution in [1.82, 2.24) is 15.2 Å². The van der Waals surface area contributed by atoms with Crippen LogP contribution in [-0.4, -0.2) is 52.7 Å². The highest BCUT2D eigenvalue weighted by Gasteiger charge is 2.29. The van der Waals surface area contributed by atoms with Crippen LogP contribution < -0.4 is 5.32 Å². The Morgan fingerprint density at radius 3 is 2.34 bits per heavy atom. The number of ether oxygens (including phenoxy) is 1. The third-order valence-electron chi connectivity index (χ3n) is 5.96.